The van der Waals surface area contributed by atoms with Crippen molar-refractivity contribution in [1.29, 1.82) is 0 Å². The molecule has 0 radical (unpaired) electrons. The van der Waals surface area contributed by atoms with Gasteiger partial charge in [-0.15, -0.1) is 11.3 Å². The molecule has 192 valence electrons. The molecular formula is C26H21Cl3N2O5S. The molecule has 2 fully saturated rings. The average Bonchev–Trinajstić information content (AvgIpc) is 3.45. The van der Waals surface area contributed by atoms with E-state index in [2.05, 4.69) is 0 Å². The number of rotatable bonds is 5. The zero-order valence-electron chi connectivity index (χ0n) is 20.0. The summed E-state index contributed by atoms with van der Waals surface area (Å²) in [7, 11) is 0. The highest BCUT2D eigenvalue weighted by Crippen LogP contribution is 2.51. The van der Waals surface area contributed by atoms with E-state index in [1.54, 1.807) is 56.3 Å². The van der Waals surface area contributed by atoms with E-state index < -0.39 is 35.8 Å². The molecule has 0 aliphatic carbocycles. The van der Waals surface area contributed by atoms with Gasteiger partial charge in [-0.1, -0.05) is 40.9 Å². The summed E-state index contributed by atoms with van der Waals surface area (Å²) in [5.74, 6) is -2.57. The number of anilines is 2. The van der Waals surface area contributed by atoms with Gasteiger partial charge in [0.1, 0.15) is 10.9 Å². The van der Waals surface area contributed by atoms with Crippen molar-refractivity contribution in [3.63, 3.8) is 0 Å². The maximum Gasteiger partial charge on any atom is 0.341 e. The molecule has 2 aliphatic heterocycles. The first-order valence-electron chi connectivity index (χ1n) is 11.5. The van der Waals surface area contributed by atoms with Crippen molar-refractivity contribution in [3.05, 3.63) is 79.1 Å². The lowest BCUT2D eigenvalue weighted by molar-refractivity contribution is -0.126. The molecule has 7 nitrogen and oxygen atoms in total. The number of hydrogen-bond donors (Lipinski definition) is 0. The second kappa shape index (κ2) is 9.93. The number of carbonyl (C=O) groups is 3. The average molecular weight is 580 g/mol. The SMILES string of the molecule is CCOC(=O)c1c(N2C(=O)[C@@H]3[C@@H](ON(c4ccc(Cl)cc4)[C@H]3c3ccc(Cl)cc3Cl)C2=O)sc(C)c1C. The molecule has 3 aromatic rings. The van der Waals surface area contributed by atoms with Gasteiger partial charge in [0.2, 0.25) is 5.91 Å². The van der Waals surface area contributed by atoms with Crippen LogP contribution in [0.3, 0.4) is 0 Å². The van der Waals surface area contributed by atoms with Crippen molar-refractivity contribution in [1.82, 2.24) is 0 Å². The number of amides is 2. The second-order valence-corrected chi connectivity index (χ2v) is 11.1. The van der Waals surface area contributed by atoms with E-state index in [1.807, 2.05) is 6.92 Å². The number of aryl methyl sites for hydroxylation is 1. The Hall–Kier alpha value is -2.62. The number of nitrogens with zero attached hydrogens (tertiary/aromatic N) is 2. The van der Waals surface area contributed by atoms with Crippen LogP contribution in [0.1, 0.15) is 39.3 Å². The lowest BCUT2D eigenvalue weighted by Crippen LogP contribution is -2.37. The Morgan fingerprint density at radius 3 is 2.35 bits per heavy atom. The highest BCUT2D eigenvalue weighted by atomic mass is 35.5. The Morgan fingerprint density at radius 1 is 1.03 bits per heavy atom. The van der Waals surface area contributed by atoms with E-state index in [4.69, 9.17) is 44.4 Å². The summed E-state index contributed by atoms with van der Waals surface area (Å²) in [6.45, 7) is 5.45. The lowest BCUT2D eigenvalue weighted by atomic mass is 9.90. The molecule has 0 spiro atoms. The van der Waals surface area contributed by atoms with Crippen LogP contribution in [0, 0.1) is 19.8 Å². The van der Waals surface area contributed by atoms with Crippen molar-refractivity contribution in [2.75, 3.05) is 16.6 Å². The number of halogens is 3. The number of esters is 1. The Morgan fingerprint density at radius 2 is 1.70 bits per heavy atom. The molecule has 5 rings (SSSR count). The second-order valence-electron chi connectivity index (χ2n) is 8.66. The van der Waals surface area contributed by atoms with Gasteiger partial charge in [0, 0.05) is 19.9 Å². The van der Waals surface area contributed by atoms with Gasteiger partial charge in [-0.25, -0.2) is 14.8 Å². The minimum Gasteiger partial charge on any atom is -0.462 e. The maximum atomic E-state index is 14.0. The molecule has 37 heavy (non-hydrogen) atoms. The predicted octanol–water partition coefficient (Wildman–Crippen LogP) is 6.55. The fraction of sp³-hybridized carbons (Fsp3) is 0.269. The van der Waals surface area contributed by atoms with E-state index in [1.165, 1.54) is 16.4 Å². The lowest BCUT2D eigenvalue weighted by Gasteiger charge is -2.29. The summed E-state index contributed by atoms with van der Waals surface area (Å²) >= 11 is 20.0. The first-order chi connectivity index (χ1) is 17.6. The Balaban J connectivity index is 1.62. The highest BCUT2D eigenvalue weighted by molar-refractivity contribution is 7.17. The van der Waals surface area contributed by atoms with Crippen LogP contribution in [0.15, 0.2) is 42.5 Å². The highest BCUT2D eigenvalue weighted by Gasteiger charge is 2.61. The van der Waals surface area contributed by atoms with E-state index in [-0.39, 0.29) is 17.2 Å². The molecule has 3 atom stereocenters. The summed E-state index contributed by atoms with van der Waals surface area (Å²) in [6, 6.07) is 11.1. The molecule has 11 heteroatoms. The van der Waals surface area contributed by atoms with Gasteiger partial charge in [-0.3, -0.25) is 14.4 Å². The fourth-order valence-electron chi connectivity index (χ4n) is 4.69. The largest absolute Gasteiger partial charge is 0.462 e. The summed E-state index contributed by atoms with van der Waals surface area (Å²) < 4.78 is 5.23. The number of fused-ring (bicyclic) bond motifs is 1. The number of carbonyl (C=O) groups excluding carboxylic acids is 3. The molecule has 0 bridgehead atoms. The summed E-state index contributed by atoms with van der Waals surface area (Å²) in [6.07, 6.45) is -1.13. The van der Waals surface area contributed by atoms with Crippen molar-refractivity contribution in [2.45, 2.75) is 32.9 Å². The number of hydroxylamine groups is 1. The van der Waals surface area contributed by atoms with Gasteiger partial charge in [0.25, 0.3) is 5.91 Å². The third-order valence-corrected chi connectivity index (χ3v) is 8.53. The standard InChI is InChI=1S/C26H21Cl3N2O5S/c1-4-35-26(34)19-12(2)13(3)37-25(19)30-23(32)20-21(17-10-7-15(28)11-18(17)29)31(36-22(20)24(30)33)16-8-5-14(27)6-9-16/h5-11,20-22H,4H2,1-3H3/t20-,21-,22+/m0/s1. The molecule has 2 amide bonds. The third-order valence-electron chi connectivity index (χ3n) is 6.53. The van der Waals surface area contributed by atoms with Crippen LogP contribution in [-0.4, -0.2) is 30.5 Å². The zero-order valence-corrected chi connectivity index (χ0v) is 23.0. The van der Waals surface area contributed by atoms with Crippen LogP contribution in [0.25, 0.3) is 0 Å². The molecule has 2 aromatic carbocycles. The zero-order chi connectivity index (χ0) is 26.6. The van der Waals surface area contributed by atoms with Crippen LogP contribution >= 0.6 is 46.1 Å². The fourth-order valence-corrected chi connectivity index (χ4v) is 6.50. The van der Waals surface area contributed by atoms with E-state index in [9.17, 15) is 14.4 Å². The normalized spacial score (nSPS) is 21.1. The minimum absolute atomic E-state index is 0.163. The van der Waals surface area contributed by atoms with Crippen molar-refractivity contribution in [2.24, 2.45) is 5.92 Å². The van der Waals surface area contributed by atoms with E-state index in [0.29, 0.717) is 31.9 Å². The quantitative estimate of drug-likeness (QED) is 0.252. The first kappa shape index (κ1) is 26.0. The third kappa shape index (κ3) is 4.30. The topological polar surface area (TPSA) is 76.2 Å². The molecule has 2 saturated heterocycles. The van der Waals surface area contributed by atoms with Crippen LogP contribution in [0.2, 0.25) is 15.1 Å². The monoisotopic (exact) mass is 578 g/mol. The van der Waals surface area contributed by atoms with E-state index in [0.717, 1.165) is 9.78 Å². The molecule has 0 saturated carbocycles. The Labute approximate surface area is 232 Å². The minimum atomic E-state index is -1.13. The van der Waals surface area contributed by atoms with Crippen LogP contribution in [0.4, 0.5) is 10.7 Å². The number of thiophene rings is 1. The Kier molecular flexibility index (Phi) is 6.98. The Bertz CT molecular complexity index is 1420. The molecule has 0 N–H and O–H groups in total. The van der Waals surface area contributed by atoms with Gasteiger partial charge in [0.15, 0.2) is 6.10 Å². The molecule has 1 aromatic heterocycles. The van der Waals surface area contributed by atoms with Gasteiger partial charge < -0.3 is 4.74 Å². The summed E-state index contributed by atoms with van der Waals surface area (Å²) in [5.41, 5.74) is 2.04. The number of ether oxygens (including phenoxy) is 1. The summed E-state index contributed by atoms with van der Waals surface area (Å²) in [5, 5.41) is 3.04. The van der Waals surface area contributed by atoms with E-state index >= 15 is 0 Å². The molecule has 2 aliphatic rings. The van der Waals surface area contributed by atoms with Crippen LogP contribution < -0.4 is 9.96 Å². The van der Waals surface area contributed by atoms with Gasteiger partial charge in [0.05, 0.1) is 23.9 Å². The molecule has 3 heterocycles. The van der Waals surface area contributed by atoms with Crippen molar-refractivity contribution >= 4 is 74.6 Å². The maximum absolute atomic E-state index is 14.0. The number of imide groups is 1. The molecule has 0 unspecified atom stereocenters. The predicted molar refractivity (Wildman–Crippen MR) is 144 cm³/mol. The first-order valence-corrected chi connectivity index (χ1v) is 13.4. The summed E-state index contributed by atoms with van der Waals surface area (Å²) in [4.78, 5) is 48.6. The van der Waals surface area contributed by atoms with Gasteiger partial charge >= 0.3 is 5.97 Å². The van der Waals surface area contributed by atoms with Crippen LogP contribution in [0.5, 0.6) is 0 Å². The van der Waals surface area contributed by atoms with Crippen molar-refractivity contribution < 1.29 is 24.0 Å². The number of hydrogen-bond acceptors (Lipinski definition) is 7. The number of benzene rings is 2. The van der Waals surface area contributed by atoms with Crippen molar-refractivity contribution in [3.8, 4) is 0 Å². The molecular weight excluding hydrogens is 559 g/mol. The van der Waals surface area contributed by atoms with Gasteiger partial charge in [-0.2, -0.15) is 0 Å². The van der Waals surface area contributed by atoms with Crippen LogP contribution in [-0.2, 0) is 19.2 Å². The van der Waals surface area contributed by atoms with Gasteiger partial charge in [-0.05, 0) is 68.3 Å². The smallest absolute Gasteiger partial charge is 0.341 e.